The van der Waals surface area contributed by atoms with Gasteiger partial charge in [-0.25, -0.2) is 0 Å². The molecule has 1 unspecified atom stereocenters. The number of hydrogen-bond acceptors (Lipinski definition) is 5. The number of carbonyl (C=O) groups excluding carboxylic acids is 1. The Morgan fingerprint density at radius 2 is 2.47 bits per heavy atom. The van der Waals surface area contributed by atoms with Gasteiger partial charge < -0.3 is 10.1 Å². The zero-order valence-electron chi connectivity index (χ0n) is 10.1. The van der Waals surface area contributed by atoms with Crippen LogP contribution in [0.4, 0.5) is 0 Å². The van der Waals surface area contributed by atoms with Crippen molar-refractivity contribution in [2.24, 2.45) is 0 Å². The molecule has 1 amide bonds. The van der Waals surface area contributed by atoms with Gasteiger partial charge in [-0.3, -0.25) is 4.79 Å². The van der Waals surface area contributed by atoms with Crippen molar-refractivity contribution in [2.75, 3.05) is 6.61 Å². The lowest BCUT2D eigenvalue weighted by Gasteiger charge is -2.26. The van der Waals surface area contributed by atoms with Gasteiger partial charge in [0.05, 0.1) is 11.6 Å². The Morgan fingerprint density at radius 1 is 1.65 bits per heavy atom. The second kappa shape index (κ2) is 4.79. The maximum atomic E-state index is 11.7. The van der Waals surface area contributed by atoms with E-state index < -0.39 is 0 Å². The number of amides is 1. The third kappa shape index (κ3) is 3.00. The molecule has 2 rings (SSSR count). The Bertz CT molecular complexity index is 376. The van der Waals surface area contributed by atoms with Crippen LogP contribution < -0.4 is 5.32 Å². The number of nitrogens with one attached hydrogen (secondary N) is 2. The number of aryl methyl sites for hydroxylation is 1. The van der Waals surface area contributed by atoms with Crippen LogP contribution in [-0.4, -0.2) is 44.8 Å². The van der Waals surface area contributed by atoms with Gasteiger partial charge in [0.25, 0.3) is 0 Å². The molecule has 0 spiro atoms. The molecule has 1 saturated heterocycles. The van der Waals surface area contributed by atoms with Crippen LogP contribution in [0.2, 0.25) is 0 Å². The predicted octanol–water partition coefficient (Wildman–Crippen LogP) is -0.184. The quantitative estimate of drug-likeness (QED) is 0.760. The monoisotopic (exact) mass is 239 g/mol. The summed E-state index contributed by atoms with van der Waals surface area (Å²) in [5.41, 5.74) is -0.276. The van der Waals surface area contributed by atoms with Gasteiger partial charge in [0.2, 0.25) is 5.91 Å². The number of hydrogen-bond donors (Lipinski definition) is 2. The first-order chi connectivity index (χ1) is 8.08. The summed E-state index contributed by atoms with van der Waals surface area (Å²) in [5.74, 6) is 0.556. The summed E-state index contributed by atoms with van der Waals surface area (Å²) < 4.78 is 5.55. The maximum absolute atomic E-state index is 11.7. The maximum Gasteiger partial charge on any atom is 0.220 e. The second-order valence-corrected chi connectivity index (χ2v) is 4.69. The lowest BCUT2D eigenvalue weighted by atomic mass is 9.99. The zero-order valence-corrected chi connectivity index (χ0v) is 10.1. The van der Waals surface area contributed by atoms with Crippen LogP contribution in [-0.2, 0) is 16.0 Å². The van der Waals surface area contributed by atoms with E-state index in [9.17, 15) is 4.79 Å². The van der Waals surface area contributed by atoms with Crippen molar-refractivity contribution in [3.63, 3.8) is 0 Å². The van der Waals surface area contributed by atoms with Gasteiger partial charge in [0, 0.05) is 19.4 Å². The smallest absolute Gasteiger partial charge is 0.220 e. The minimum Gasteiger partial charge on any atom is -0.373 e. The highest BCUT2D eigenvalue weighted by Gasteiger charge is 2.36. The van der Waals surface area contributed by atoms with Crippen LogP contribution in [0.3, 0.4) is 0 Å². The predicted molar refractivity (Wildman–Crippen MR) is 59.1 cm³/mol. The van der Waals surface area contributed by atoms with Crippen LogP contribution in [0.5, 0.6) is 0 Å². The Hall–Kier alpha value is -1.50. The van der Waals surface area contributed by atoms with Crippen molar-refractivity contribution in [2.45, 2.75) is 44.8 Å². The summed E-state index contributed by atoms with van der Waals surface area (Å²) >= 11 is 0. The largest absolute Gasteiger partial charge is 0.373 e. The highest BCUT2D eigenvalue weighted by atomic mass is 16.5. The van der Waals surface area contributed by atoms with E-state index >= 15 is 0 Å². The van der Waals surface area contributed by atoms with Crippen molar-refractivity contribution < 1.29 is 9.53 Å². The minimum atomic E-state index is -0.276. The second-order valence-electron chi connectivity index (χ2n) is 4.69. The third-order valence-electron chi connectivity index (χ3n) is 3.02. The average Bonchev–Trinajstić information content (AvgIpc) is 2.86. The van der Waals surface area contributed by atoms with Crippen LogP contribution in [0.25, 0.3) is 0 Å². The molecule has 1 aromatic rings. The molecule has 0 bridgehead atoms. The van der Waals surface area contributed by atoms with E-state index in [-0.39, 0.29) is 17.6 Å². The van der Waals surface area contributed by atoms with Crippen molar-refractivity contribution in [3.8, 4) is 0 Å². The molecule has 7 heteroatoms. The Labute approximate surface area is 99.3 Å². The molecule has 2 heterocycles. The van der Waals surface area contributed by atoms with E-state index in [4.69, 9.17) is 4.74 Å². The van der Waals surface area contributed by atoms with E-state index in [0.29, 0.717) is 25.3 Å². The molecular weight excluding hydrogens is 222 g/mol. The molecule has 94 valence electrons. The summed E-state index contributed by atoms with van der Waals surface area (Å²) in [6.45, 7) is 4.68. The molecule has 0 aromatic carbocycles. The summed E-state index contributed by atoms with van der Waals surface area (Å²) in [5, 5.41) is 16.4. The molecule has 1 aliphatic rings. The minimum absolute atomic E-state index is 0.00150. The molecule has 0 saturated carbocycles. The van der Waals surface area contributed by atoms with Gasteiger partial charge in [-0.2, -0.15) is 5.21 Å². The standard InChI is InChI=1S/C10H17N5O2/c1-10(2)7(5-6-17-10)11-9(16)4-3-8-12-14-15-13-8/h7H,3-6H2,1-2H3,(H,11,16)(H,12,13,14,15). The first kappa shape index (κ1) is 12.0. The SMILES string of the molecule is CC1(C)OCCC1NC(=O)CCc1nn[nH]n1. The molecule has 7 nitrogen and oxygen atoms in total. The zero-order chi connectivity index (χ0) is 12.3. The molecule has 1 aromatic heterocycles. The van der Waals surface area contributed by atoms with E-state index in [1.807, 2.05) is 13.8 Å². The van der Waals surface area contributed by atoms with Gasteiger partial charge in [-0.05, 0) is 20.3 Å². The number of carbonyl (C=O) groups is 1. The highest BCUT2D eigenvalue weighted by molar-refractivity contribution is 5.76. The Morgan fingerprint density at radius 3 is 3.06 bits per heavy atom. The van der Waals surface area contributed by atoms with E-state index in [1.54, 1.807) is 0 Å². The molecule has 1 aliphatic heterocycles. The molecule has 1 atom stereocenters. The molecule has 2 N–H and O–H groups in total. The van der Waals surface area contributed by atoms with E-state index in [1.165, 1.54) is 0 Å². The van der Waals surface area contributed by atoms with Gasteiger partial charge in [-0.15, -0.1) is 10.2 Å². The summed E-state index contributed by atoms with van der Waals surface area (Å²) in [4.78, 5) is 11.7. The number of ether oxygens (including phenoxy) is 1. The van der Waals surface area contributed by atoms with Gasteiger partial charge in [0.1, 0.15) is 0 Å². The van der Waals surface area contributed by atoms with Gasteiger partial charge >= 0.3 is 0 Å². The number of aromatic amines is 1. The fraction of sp³-hybridized carbons (Fsp3) is 0.800. The van der Waals surface area contributed by atoms with Gasteiger partial charge in [0.15, 0.2) is 5.82 Å². The molecular formula is C10H17N5O2. The number of rotatable bonds is 4. The van der Waals surface area contributed by atoms with Crippen molar-refractivity contribution in [3.05, 3.63) is 5.82 Å². The van der Waals surface area contributed by atoms with Crippen molar-refractivity contribution in [1.29, 1.82) is 0 Å². The molecule has 0 radical (unpaired) electrons. The summed E-state index contributed by atoms with van der Waals surface area (Å²) in [6.07, 6.45) is 1.73. The van der Waals surface area contributed by atoms with Crippen LogP contribution in [0.1, 0.15) is 32.5 Å². The summed E-state index contributed by atoms with van der Waals surface area (Å²) in [6, 6.07) is 0.0836. The molecule has 1 fully saturated rings. The van der Waals surface area contributed by atoms with Crippen LogP contribution in [0.15, 0.2) is 0 Å². The Balaban J connectivity index is 1.77. The number of nitrogens with zero attached hydrogens (tertiary/aromatic N) is 3. The summed E-state index contributed by atoms with van der Waals surface area (Å²) in [7, 11) is 0. The number of aromatic nitrogens is 4. The van der Waals surface area contributed by atoms with E-state index in [2.05, 4.69) is 25.9 Å². The lowest BCUT2D eigenvalue weighted by molar-refractivity contribution is -0.122. The van der Waals surface area contributed by atoms with E-state index in [0.717, 1.165) is 6.42 Å². The third-order valence-corrected chi connectivity index (χ3v) is 3.02. The number of tetrazole rings is 1. The van der Waals surface area contributed by atoms with Crippen LogP contribution >= 0.6 is 0 Å². The first-order valence-corrected chi connectivity index (χ1v) is 5.73. The Kier molecular flexibility index (Phi) is 3.37. The van der Waals surface area contributed by atoms with Gasteiger partial charge in [-0.1, -0.05) is 5.21 Å². The van der Waals surface area contributed by atoms with Crippen molar-refractivity contribution in [1.82, 2.24) is 25.9 Å². The fourth-order valence-electron chi connectivity index (χ4n) is 1.91. The first-order valence-electron chi connectivity index (χ1n) is 5.73. The lowest BCUT2D eigenvalue weighted by Crippen LogP contribution is -2.46. The van der Waals surface area contributed by atoms with Crippen molar-refractivity contribution >= 4 is 5.91 Å². The highest BCUT2D eigenvalue weighted by Crippen LogP contribution is 2.24. The topological polar surface area (TPSA) is 92.8 Å². The molecule has 17 heavy (non-hydrogen) atoms. The fourth-order valence-corrected chi connectivity index (χ4v) is 1.91. The number of H-pyrrole nitrogens is 1. The van der Waals surface area contributed by atoms with Crippen LogP contribution in [0, 0.1) is 0 Å². The average molecular weight is 239 g/mol. The normalized spacial score (nSPS) is 22.6. The molecule has 0 aliphatic carbocycles.